The molecule has 1 heterocycles. The summed E-state index contributed by atoms with van der Waals surface area (Å²) in [5.74, 6) is -1.05. The zero-order chi connectivity index (χ0) is 15.1. The number of aryl methyl sites for hydroxylation is 1. The van der Waals surface area contributed by atoms with E-state index in [0.29, 0.717) is 5.69 Å². The highest BCUT2D eigenvalue weighted by Gasteiger charge is 2.20. The lowest BCUT2D eigenvalue weighted by atomic mass is 10.2. The molecule has 1 aromatic heterocycles. The van der Waals surface area contributed by atoms with Crippen LogP contribution in [0.5, 0.6) is 0 Å². The normalized spacial score (nSPS) is 9.90. The maximum atomic E-state index is 12.3. The van der Waals surface area contributed by atoms with Crippen LogP contribution < -0.4 is 5.56 Å². The van der Waals surface area contributed by atoms with Crippen LogP contribution in [0.2, 0.25) is 0 Å². The zero-order valence-corrected chi connectivity index (χ0v) is 11.6. The smallest absolute Gasteiger partial charge is 0.325 e. The van der Waals surface area contributed by atoms with E-state index >= 15 is 0 Å². The number of carbonyl (C=O) groups excluding carboxylic acids is 2. The molecule has 20 heavy (non-hydrogen) atoms. The van der Waals surface area contributed by atoms with E-state index in [4.69, 9.17) is 4.74 Å². The molecule has 0 aromatic carbocycles. The molecule has 0 radical (unpaired) electrons. The number of H-pyrrole nitrogens is 1. The minimum absolute atomic E-state index is 0.0123. The summed E-state index contributed by atoms with van der Waals surface area (Å²) in [6.07, 6.45) is 1.49. The maximum absolute atomic E-state index is 12.3. The fraction of sp³-hybridized carbons (Fsp3) is 0.357. The first kappa shape index (κ1) is 15.7. The van der Waals surface area contributed by atoms with Gasteiger partial charge >= 0.3 is 5.97 Å². The number of esters is 1. The Morgan fingerprint density at radius 1 is 1.45 bits per heavy atom. The molecule has 0 unspecified atom stereocenters. The second kappa shape index (κ2) is 7.28. The minimum Gasteiger partial charge on any atom is -0.465 e. The van der Waals surface area contributed by atoms with Crippen molar-refractivity contribution in [3.8, 4) is 0 Å². The lowest BCUT2D eigenvalue weighted by molar-refractivity contribution is -0.143. The number of rotatable bonds is 6. The van der Waals surface area contributed by atoms with Gasteiger partial charge in [0.2, 0.25) is 0 Å². The lowest BCUT2D eigenvalue weighted by Gasteiger charge is -2.19. The van der Waals surface area contributed by atoms with Crippen molar-refractivity contribution in [1.82, 2.24) is 9.88 Å². The van der Waals surface area contributed by atoms with Gasteiger partial charge in [-0.05, 0) is 26.0 Å². The highest BCUT2D eigenvalue weighted by molar-refractivity contribution is 5.95. The summed E-state index contributed by atoms with van der Waals surface area (Å²) in [7, 11) is 0. The third-order valence-electron chi connectivity index (χ3n) is 2.55. The number of pyridine rings is 1. The molecule has 0 aliphatic carbocycles. The summed E-state index contributed by atoms with van der Waals surface area (Å²) in [5, 5.41) is 0. The summed E-state index contributed by atoms with van der Waals surface area (Å²) in [6, 6.07) is 3.07. The van der Waals surface area contributed by atoms with Gasteiger partial charge in [0, 0.05) is 12.2 Å². The van der Waals surface area contributed by atoms with Gasteiger partial charge < -0.3 is 14.6 Å². The summed E-state index contributed by atoms with van der Waals surface area (Å²) >= 11 is 0. The summed E-state index contributed by atoms with van der Waals surface area (Å²) in [4.78, 5) is 39.2. The van der Waals surface area contributed by atoms with Crippen LogP contribution in [0.4, 0.5) is 0 Å². The van der Waals surface area contributed by atoms with E-state index in [1.807, 2.05) is 0 Å². The van der Waals surface area contributed by atoms with E-state index in [2.05, 4.69) is 11.6 Å². The number of aromatic nitrogens is 1. The molecule has 1 N–H and O–H groups in total. The number of hydrogen-bond acceptors (Lipinski definition) is 4. The quantitative estimate of drug-likeness (QED) is 0.618. The van der Waals surface area contributed by atoms with E-state index in [1.165, 1.54) is 17.0 Å². The van der Waals surface area contributed by atoms with Crippen molar-refractivity contribution in [2.75, 3.05) is 19.7 Å². The molecule has 1 rings (SSSR count). The standard InChI is InChI=1S/C14H18N2O4/c1-4-8-16(9-12(17)20-5-2)14(19)11-7-6-10(3)15-13(11)18/h4,6-7H,1,5,8-9H2,2-3H3,(H,15,18). The van der Waals surface area contributed by atoms with E-state index in [1.54, 1.807) is 19.9 Å². The van der Waals surface area contributed by atoms with Crippen LogP contribution in [0.1, 0.15) is 23.0 Å². The number of nitrogens with zero attached hydrogens (tertiary/aromatic N) is 1. The summed E-state index contributed by atoms with van der Waals surface area (Å²) < 4.78 is 4.80. The Labute approximate surface area is 117 Å². The number of nitrogens with one attached hydrogen (secondary N) is 1. The molecule has 0 atom stereocenters. The molecule has 1 aromatic rings. The molecular formula is C14H18N2O4. The lowest BCUT2D eigenvalue weighted by Crippen LogP contribution is -2.39. The van der Waals surface area contributed by atoms with Gasteiger partial charge in [0.05, 0.1) is 6.61 Å². The van der Waals surface area contributed by atoms with Crippen molar-refractivity contribution >= 4 is 11.9 Å². The molecule has 6 heteroatoms. The topological polar surface area (TPSA) is 79.5 Å². The third kappa shape index (κ3) is 4.08. The highest BCUT2D eigenvalue weighted by atomic mass is 16.5. The average Bonchev–Trinajstić information content (AvgIpc) is 2.38. The van der Waals surface area contributed by atoms with Gasteiger partial charge in [-0.25, -0.2) is 0 Å². The molecule has 0 saturated carbocycles. The van der Waals surface area contributed by atoms with E-state index in [0.717, 1.165) is 0 Å². The van der Waals surface area contributed by atoms with Crippen LogP contribution in [-0.4, -0.2) is 41.5 Å². The van der Waals surface area contributed by atoms with Crippen LogP contribution in [0.3, 0.4) is 0 Å². The summed E-state index contributed by atoms with van der Waals surface area (Å²) in [5.41, 5.74) is 0.168. The fourth-order valence-electron chi connectivity index (χ4n) is 1.65. The Morgan fingerprint density at radius 3 is 2.70 bits per heavy atom. The van der Waals surface area contributed by atoms with Gasteiger partial charge in [0.1, 0.15) is 12.1 Å². The number of hydrogen-bond donors (Lipinski definition) is 1. The average molecular weight is 278 g/mol. The van der Waals surface area contributed by atoms with E-state index in [-0.39, 0.29) is 25.3 Å². The molecule has 1 amide bonds. The van der Waals surface area contributed by atoms with E-state index in [9.17, 15) is 14.4 Å². The van der Waals surface area contributed by atoms with Crippen LogP contribution in [0, 0.1) is 6.92 Å². The monoisotopic (exact) mass is 278 g/mol. The second-order valence-corrected chi connectivity index (χ2v) is 4.16. The highest BCUT2D eigenvalue weighted by Crippen LogP contribution is 2.02. The van der Waals surface area contributed by atoms with Gasteiger partial charge in [-0.3, -0.25) is 14.4 Å². The van der Waals surface area contributed by atoms with Crippen molar-refractivity contribution in [3.05, 3.63) is 46.4 Å². The van der Waals surface area contributed by atoms with Crippen molar-refractivity contribution in [3.63, 3.8) is 0 Å². The zero-order valence-electron chi connectivity index (χ0n) is 11.6. The molecule has 0 fully saturated rings. The molecule has 0 aliphatic rings. The van der Waals surface area contributed by atoms with Gasteiger partial charge in [0.15, 0.2) is 0 Å². The Hall–Kier alpha value is -2.37. The predicted octanol–water partition coefficient (Wildman–Crippen LogP) is 0.875. The van der Waals surface area contributed by atoms with Crippen molar-refractivity contribution in [2.45, 2.75) is 13.8 Å². The second-order valence-electron chi connectivity index (χ2n) is 4.16. The maximum Gasteiger partial charge on any atom is 0.325 e. The molecule has 6 nitrogen and oxygen atoms in total. The third-order valence-corrected chi connectivity index (χ3v) is 2.55. The number of ether oxygens (including phenoxy) is 1. The molecule has 0 spiro atoms. The van der Waals surface area contributed by atoms with Crippen LogP contribution >= 0.6 is 0 Å². The largest absolute Gasteiger partial charge is 0.465 e. The van der Waals surface area contributed by atoms with Crippen molar-refractivity contribution < 1.29 is 14.3 Å². The number of amides is 1. The van der Waals surface area contributed by atoms with Gasteiger partial charge in [0.25, 0.3) is 11.5 Å². The Balaban J connectivity index is 2.96. The van der Waals surface area contributed by atoms with Crippen LogP contribution in [0.15, 0.2) is 29.6 Å². The van der Waals surface area contributed by atoms with Gasteiger partial charge in [-0.15, -0.1) is 6.58 Å². The molecule has 0 saturated heterocycles. The number of carbonyl (C=O) groups is 2. The minimum atomic E-state index is -0.529. The van der Waals surface area contributed by atoms with Crippen LogP contribution in [-0.2, 0) is 9.53 Å². The van der Waals surface area contributed by atoms with Gasteiger partial charge in [-0.2, -0.15) is 0 Å². The number of aromatic amines is 1. The van der Waals surface area contributed by atoms with E-state index < -0.39 is 17.4 Å². The molecule has 0 bridgehead atoms. The molecule has 108 valence electrons. The Morgan fingerprint density at radius 2 is 2.15 bits per heavy atom. The van der Waals surface area contributed by atoms with Crippen molar-refractivity contribution in [2.24, 2.45) is 0 Å². The summed E-state index contributed by atoms with van der Waals surface area (Å²) in [6.45, 7) is 7.11. The van der Waals surface area contributed by atoms with Crippen molar-refractivity contribution in [1.29, 1.82) is 0 Å². The first-order valence-electron chi connectivity index (χ1n) is 6.25. The van der Waals surface area contributed by atoms with Gasteiger partial charge in [-0.1, -0.05) is 6.08 Å². The molecule has 0 aliphatic heterocycles. The SMILES string of the molecule is C=CCN(CC(=O)OCC)C(=O)c1ccc(C)[nH]c1=O. The Kier molecular flexibility index (Phi) is 5.71. The predicted molar refractivity (Wildman–Crippen MR) is 74.5 cm³/mol. The first-order valence-corrected chi connectivity index (χ1v) is 6.25. The first-order chi connectivity index (χ1) is 9.49. The fourth-order valence-corrected chi connectivity index (χ4v) is 1.65. The Bertz CT molecular complexity index is 563. The van der Waals surface area contributed by atoms with Crippen LogP contribution in [0.25, 0.3) is 0 Å². The molecular weight excluding hydrogens is 260 g/mol.